The van der Waals surface area contributed by atoms with Gasteiger partial charge in [-0.25, -0.2) is 0 Å². The van der Waals surface area contributed by atoms with Gasteiger partial charge in [-0.05, 0) is 34.9 Å². The van der Waals surface area contributed by atoms with Gasteiger partial charge in [-0.1, -0.05) is 31.2 Å². The molecule has 0 spiro atoms. The molecule has 1 atom stereocenters. The van der Waals surface area contributed by atoms with Gasteiger partial charge in [0, 0.05) is 35.8 Å². The van der Waals surface area contributed by atoms with Crippen molar-refractivity contribution in [2.75, 3.05) is 5.32 Å². The van der Waals surface area contributed by atoms with E-state index in [0.717, 1.165) is 28.1 Å². The van der Waals surface area contributed by atoms with Crippen LogP contribution in [0.1, 0.15) is 30.5 Å². The second-order valence-corrected chi connectivity index (χ2v) is 9.86. The molecule has 2 aromatic heterocycles. The van der Waals surface area contributed by atoms with E-state index < -0.39 is 21.4 Å². The fraction of sp³-hybridized carbons (Fsp3) is 0.182. The largest absolute Gasteiger partial charge is 0.416 e. The van der Waals surface area contributed by atoms with Crippen LogP contribution in [0.5, 0.6) is 0 Å². The van der Waals surface area contributed by atoms with Crippen LogP contribution in [0.25, 0.3) is 22.0 Å². The third-order valence-electron chi connectivity index (χ3n) is 5.20. The number of aromatic nitrogens is 3. The monoisotopic (exact) mass is 442 g/mol. The topological polar surface area (TPSA) is 62.7 Å². The highest BCUT2D eigenvalue weighted by Gasteiger charge is 2.30. The summed E-state index contributed by atoms with van der Waals surface area (Å²) in [5.74, 6) is -0.145. The summed E-state index contributed by atoms with van der Waals surface area (Å²) in [6.45, 7) is 3.40. The van der Waals surface area contributed by atoms with Crippen LogP contribution in [0.15, 0.2) is 61.1 Å². The highest BCUT2D eigenvalue weighted by molar-refractivity contribution is 6.35. The van der Waals surface area contributed by atoms with E-state index in [1.54, 1.807) is 18.5 Å². The van der Waals surface area contributed by atoms with Gasteiger partial charge in [0.05, 0.1) is 17.4 Å². The van der Waals surface area contributed by atoms with Crippen LogP contribution >= 0.6 is 0 Å². The minimum Gasteiger partial charge on any atom is -0.359 e. The number of amides is 1. The van der Waals surface area contributed by atoms with Crippen LogP contribution in [0.3, 0.4) is 0 Å². The molecule has 160 valence electrons. The number of carbonyl (C=O) groups excluding carboxylic acids is 1. The third-order valence-corrected chi connectivity index (χ3v) is 6.94. The average Bonchev–Trinajstić information content (AvgIpc) is 3.34. The molecule has 0 saturated carbocycles. The molecule has 0 aliphatic carbocycles. The summed E-state index contributed by atoms with van der Waals surface area (Å²) in [5.41, 5.74) is 3.53. The van der Waals surface area contributed by atoms with Gasteiger partial charge in [0.25, 0.3) is 0 Å². The first-order valence-electron chi connectivity index (χ1n) is 9.79. The number of rotatable bonds is 5. The molecule has 31 heavy (non-hydrogen) atoms. The Morgan fingerprint density at radius 2 is 2.00 bits per heavy atom. The maximum Gasteiger partial charge on any atom is 0.416 e. The van der Waals surface area contributed by atoms with E-state index in [4.69, 9.17) is 0 Å². The van der Waals surface area contributed by atoms with E-state index >= 15 is 0 Å². The molecule has 0 fully saturated rings. The van der Waals surface area contributed by atoms with Gasteiger partial charge in [0.15, 0.2) is 9.68 Å². The Morgan fingerprint density at radius 1 is 1.19 bits per heavy atom. The van der Waals surface area contributed by atoms with E-state index in [-0.39, 0.29) is 11.4 Å². The molecule has 1 amide bonds. The summed E-state index contributed by atoms with van der Waals surface area (Å²) in [7, 11) is -1.01. The quantitative estimate of drug-likeness (QED) is 0.440. The lowest BCUT2D eigenvalue weighted by atomic mass is 10.1. The first-order valence-corrected chi connectivity index (χ1v) is 11.2. The molecule has 0 radical (unpaired) electrons. The molecular formula is C22H21F3N4OSi. The second-order valence-electron chi connectivity index (χ2n) is 7.62. The number of nitrogens with zero attached hydrogens (tertiary/aromatic N) is 2. The lowest BCUT2D eigenvalue weighted by molar-refractivity contribution is -0.137. The highest BCUT2D eigenvalue weighted by Crippen LogP contribution is 2.31. The van der Waals surface area contributed by atoms with Crippen molar-refractivity contribution in [3.63, 3.8) is 0 Å². The summed E-state index contributed by atoms with van der Waals surface area (Å²) in [6.07, 6.45) is 1.10. The van der Waals surface area contributed by atoms with E-state index in [9.17, 15) is 18.0 Å². The van der Waals surface area contributed by atoms with E-state index in [1.165, 1.54) is 19.1 Å². The molecule has 0 aliphatic heterocycles. The van der Waals surface area contributed by atoms with Crippen molar-refractivity contribution < 1.29 is 18.0 Å². The smallest absolute Gasteiger partial charge is 0.359 e. The van der Waals surface area contributed by atoms with Crippen molar-refractivity contribution in [3.05, 3.63) is 72.2 Å². The van der Waals surface area contributed by atoms with E-state index in [1.807, 2.05) is 35.7 Å². The number of benzene rings is 2. The number of halogens is 3. The van der Waals surface area contributed by atoms with E-state index in [0.29, 0.717) is 11.3 Å². The first kappa shape index (κ1) is 20.9. The van der Waals surface area contributed by atoms with Crippen LogP contribution in [-0.2, 0) is 11.0 Å². The van der Waals surface area contributed by atoms with Crippen LogP contribution < -0.4 is 5.32 Å². The lowest BCUT2D eigenvalue weighted by Crippen LogP contribution is -2.15. The maximum absolute atomic E-state index is 13.0. The molecule has 2 aromatic carbocycles. The number of hydrogen-bond acceptors (Lipinski definition) is 2. The second kappa shape index (κ2) is 8.07. The van der Waals surface area contributed by atoms with Crippen molar-refractivity contribution in [2.45, 2.75) is 25.6 Å². The molecule has 0 aliphatic rings. The van der Waals surface area contributed by atoms with Gasteiger partial charge in [-0.3, -0.25) is 4.79 Å². The summed E-state index contributed by atoms with van der Waals surface area (Å²) in [5, 5.41) is 8.15. The predicted octanol–water partition coefficient (Wildman–Crippen LogP) is 4.70. The van der Waals surface area contributed by atoms with Gasteiger partial charge in [-0.2, -0.15) is 18.3 Å². The maximum atomic E-state index is 13.0. The van der Waals surface area contributed by atoms with Crippen molar-refractivity contribution in [1.82, 2.24) is 14.4 Å². The summed E-state index contributed by atoms with van der Waals surface area (Å²) < 4.78 is 40.9. The highest BCUT2D eigenvalue weighted by atomic mass is 28.2. The number of alkyl halides is 3. The Balaban J connectivity index is 1.55. The lowest BCUT2D eigenvalue weighted by Gasteiger charge is -2.14. The minimum absolute atomic E-state index is 0.00595. The van der Waals surface area contributed by atoms with Crippen molar-refractivity contribution in [3.8, 4) is 11.1 Å². The number of anilines is 1. The number of H-pyrrole nitrogens is 1. The molecule has 0 unspecified atom stereocenters. The van der Waals surface area contributed by atoms with E-state index in [2.05, 4.69) is 15.4 Å². The van der Waals surface area contributed by atoms with Gasteiger partial charge in [-0.15, -0.1) is 0 Å². The normalized spacial score (nSPS) is 13.2. The number of aromatic amines is 1. The molecule has 9 heteroatoms. The van der Waals surface area contributed by atoms with Crippen molar-refractivity contribution in [2.24, 2.45) is 0 Å². The molecule has 2 N–H and O–H groups in total. The summed E-state index contributed by atoms with van der Waals surface area (Å²) >= 11 is 0. The number of fused-ring (bicyclic) bond motifs is 1. The van der Waals surface area contributed by atoms with Crippen LogP contribution in [0.2, 0.25) is 0 Å². The Labute approximate surface area is 179 Å². The number of hydrogen-bond donors (Lipinski definition) is 2. The molecular weight excluding hydrogens is 421 g/mol. The van der Waals surface area contributed by atoms with Crippen molar-refractivity contribution in [1.29, 1.82) is 0 Å². The van der Waals surface area contributed by atoms with Gasteiger partial charge in [0.2, 0.25) is 5.91 Å². The van der Waals surface area contributed by atoms with Gasteiger partial charge < -0.3 is 14.6 Å². The predicted molar refractivity (Wildman–Crippen MR) is 118 cm³/mol. The Kier molecular flexibility index (Phi) is 5.44. The third kappa shape index (κ3) is 4.56. The van der Waals surface area contributed by atoms with Crippen molar-refractivity contribution >= 4 is 32.2 Å². The molecule has 0 saturated heterocycles. The molecule has 0 bridgehead atoms. The fourth-order valence-electron chi connectivity index (χ4n) is 3.61. The molecule has 5 nitrogen and oxygen atoms in total. The number of nitrogens with one attached hydrogen (secondary N) is 2. The molecule has 4 aromatic rings. The standard InChI is InChI=1S/C22H21F3N4OSi/c1-13(15-4-3-5-18(8-15)22(23,24)25)31-29-12-17(10-27-29)16-6-7-20-19(9-16)21(11-26-20)28-14(2)30/h3-13,26H,31H2,1-2H3,(H,28,30)/t13-/m0/s1. The summed E-state index contributed by atoms with van der Waals surface area (Å²) in [4.78, 5) is 14.5. The fourth-order valence-corrected chi connectivity index (χ4v) is 5.12. The Morgan fingerprint density at radius 3 is 2.74 bits per heavy atom. The minimum atomic E-state index is -4.34. The van der Waals surface area contributed by atoms with Crippen LogP contribution in [0, 0.1) is 0 Å². The first-order chi connectivity index (χ1) is 14.7. The SMILES string of the molecule is CC(=O)Nc1c[nH]c2ccc(-c3cnn([SiH2][C@@H](C)c4cccc(C(F)(F)F)c4)c3)cc12. The Bertz CT molecular complexity index is 1250. The zero-order valence-electron chi connectivity index (χ0n) is 17.0. The molecule has 2 heterocycles. The average molecular weight is 443 g/mol. The molecule has 4 rings (SSSR count). The van der Waals surface area contributed by atoms with Crippen LogP contribution in [-0.4, -0.2) is 30.0 Å². The zero-order valence-corrected chi connectivity index (χ0v) is 18.4. The number of carbonyl (C=O) groups is 1. The van der Waals surface area contributed by atoms with Gasteiger partial charge >= 0.3 is 6.18 Å². The van der Waals surface area contributed by atoms with Crippen LogP contribution in [0.4, 0.5) is 18.9 Å². The van der Waals surface area contributed by atoms with Gasteiger partial charge in [0.1, 0.15) is 0 Å². The Hall–Kier alpha value is -3.33. The zero-order chi connectivity index (χ0) is 22.2. The summed E-state index contributed by atoms with van der Waals surface area (Å²) in [6, 6.07) is 11.4.